The number of carbonyl (C=O) groups excluding carboxylic acids is 2. The Morgan fingerprint density at radius 1 is 1.40 bits per heavy atom. The van der Waals surface area contributed by atoms with Crippen molar-refractivity contribution in [1.29, 1.82) is 0 Å². The molecule has 8 heteroatoms. The van der Waals surface area contributed by atoms with Crippen molar-refractivity contribution in [3.05, 3.63) is 29.8 Å². The minimum atomic E-state index is -0.811. The maximum atomic E-state index is 13.9. The van der Waals surface area contributed by atoms with Crippen molar-refractivity contribution < 1.29 is 18.4 Å². The molecule has 0 bridgehead atoms. The van der Waals surface area contributed by atoms with Gasteiger partial charge >= 0.3 is 0 Å². The van der Waals surface area contributed by atoms with Gasteiger partial charge in [-0.25, -0.2) is 8.78 Å². The van der Waals surface area contributed by atoms with Crippen LogP contribution in [0.25, 0.3) is 0 Å². The second kappa shape index (κ2) is 8.10. The van der Waals surface area contributed by atoms with E-state index in [9.17, 15) is 18.4 Å². The van der Waals surface area contributed by atoms with E-state index >= 15 is 0 Å². The molecule has 25 heavy (non-hydrogen) atoms. The Hall–Kier alpha value is -1.73. The van der Waals surface area contributed by atoms with Gasteiger partial charge in [0, 0.05) is 32.6 Å². The molecule has 1 aliphatic heterocycles. The lowest BCUT2D eigenvalue weighted by Crippen LogP contribution is -2.42. The van der Waals surface area contributed by atoms with E-state index < -0.39 is 17.6 Å². The molecule has 1 heterocycles. The molecule has 0 radical (unpaired) electrons. The van der Waals surface area contributed by atoms with E-state index in [0.717, 1.165) is 12.1 Å². The smallest absolute Gasteiger partial charge is 0.227 e. The van der Waals surface area contributed by atoms with Crippen LogP contribution in [0.2, 0.25) is 0 Å². The molecule has 0 aromatic heterocycles. The zero-order valence-electron chi connectivity index (χ0n) is 14.6. The summed E-state index contributed by atoms with van der Waals surface area (Å²) in [5.74, 6) is -2.57. The highest BCUT2D eigenvalue weighted by Crippen LogP contribution is 2.29. The molecule has 1 fully saturated rings. The van der Waals surface area contributed by atoms with Crippen LogP contribution in [0.15, 0.2) is 18.2 Å². The summed E-state index contributed by atoms with van der Waals surface area (Å²) in [7, 11) is 1.67. The van der Waals surface area contributed by atoms with Crippen LogP contribution in [0.1, 0.15) is 20.3 Å². The SMILES string of the molecule is CN(CC(C)(C)CN)C(=O)C1CC(=O)N(c2ccc(F)cc2F)C1.Cl. The molecule has 0 aliphatic carbocycles. The first kappa shape index (κ1) is 21.3. The third kappa shape index (κ3) is 4.89. The molecule has 2 N–H and O–H groups in total. The molecule has 1 saturated heterocycles. The summed E-state index contributed by atoms with van der Waals surface area (Å²) in [6, 6.07) is 3.04. The van der Waals surface area contributed by atoms with E-state index in [1.54, 1.807) is 11.9 Å². The van der Waals surface area contributed by atoms with Crippen molar-refractivity contribution in [2.75, 3.05) is 31.6 Å². The van der Waals surface area contributed by atoms with Gasteiger partial charge in [-0.15, -0.1) is 12.4 Å². The number of benzene rings is 1. The fourth-order valence-corrected chi connectivity index (χ4v) is 2.90. The summed E-state index contributed by atoms with van der Waals surface area (Å²) < 4.78 is 26.9. The van der Waals surface area contributed by atoms with Crippen LogP contribution in [0.4, 0.5) is 14.5 Å². The van der Waals surface area contributed by atoms with Crippen LogP contribution in [0.5, 0.6) is 0 Å². The number of hydrogen-bond acceptors (Lipinski definition) is 3. The molecule has 0 saturated carbocycles. The van der Waals surface area contributed by atoms with Gasteiger partial charge in [0.15, 0.2) is 0 Å². The average molecular weight is 376 g/mol. The highest BCUT2D eigenvalue weighted by Gasteiger charge is 2.38. The second-order valence-corrected chi connectivity index (χ2v) is 7.06. The van der Waals surface area contributed by atoms with Gasteiger partial charge in [0.05, 0.1) is 11.6 Å². The lowest BCUT2D eigenvalue weighted by atomic mass is 9.92. The van der Waals surface area contributed by atoms with Crippen LogP contribution >= 0.6 is 12.4 Å². The van der Waals surface area contributed by atoms with Crippen molar-refractivity contribution >= 4 is 29.9 Å². The summed E-state index contributed by atoms with van der Waals surface area (Å²) in [6.45, 7) is 4.90. The number of carbonyl (C=O) groups is 2. The van der Waals surface area contributed by atoms with Crippen LogP contribution in [0, 0.1) is 23.0 Å². The van der Waals surface area contributed by atoms with Gasteiger partial charge < -0.3 is 15.5 Å². The standard InChI is InChI=1S/C17H23F2N3O2.ClH/c1-17(2,9-20)10-21(3)16(24)11-6-15(23)22(8-11)14-5-4-12(18)7-13(14)19;/h4-5,7,11H,6,8-10,20H2,1-3H3;1H. The maximum Gasteiger partial charge on any atom is 0.227 e. The third-order valence-corrected chi connectivity index (χ3v) is 4.27. The number of rotatable bonds is 5. The van der Waals surface area contributed by atoms with Gasteiger partial charge in [0.2, 0.25) is 11.8 Å². The quantitative estimate of drug-likeness (QED) is 0.857. The van der Waals surface area contributed by atoms with Gasteiger partial charge in [-0.3, -0.25) is 9.59 Å². The van der Waals surface area contributed by atoms with E-state index in [-0.39, 0.29) is 48.3 Å². The first-order valence-electron chi connectivity index (χ1n) is 7.85. The minimum absolute atomic E-state index is 0. The average Bonchev–Trinajstić information content (AvgIpc) is 2.88. The van der Waals surface area contributed by atoms with Gasteiger partial charge in [-0.2, -0.15) is 0 Å². The molecular weight excluding hydrogens is 352 g/mol. The van der Waals surface area contributed by atoms with Crippen molar-refractivity contribution in [1.82, 2.24) is 4.90 Å². The monoisotopic (exact) mass is 375 g/mol. The van der Waals surface area contributed by atoms with E-state index in [2.05, 4.69) is 0 Å². The largest absolute Gasteiger partial charge is 0.345 e. The number of nitrogens with zero attached hydrogens (tertiary/aromatic N) is 2. The Morgan fingerprint density at radius 2 is 2.04 bits per heavy atom. The van der Waals surface area contributed by atoms with Gasteiger partial charge in [-0.1, -0.05) is 13.8 Å². The molecule has 5 nitrogen and oxygen atoms in total. The summed E-state index contributed by atoms with van der Waals surface area (Å²) in [5.41, 5.74) is 5.46. The molecule has 1 unspecified atom stereocenters. The van der Waals surface area contributed by atoms with E-state index in [1.807, 2.05) is 13.8 Å². The molecule has 140 valence electrons. The highest BCUT2D eigenvalue weighted by molar-refractivity contribution is 6.00. The molecule has 0 spiro atoms. The summed E-state index contributed by atoms with van der Waals surface area (Å²) in [4.78, 5) is 27.5. The van der Waals surface area contributed by atoms with E-state index in [0.29, 0.717) is 13.1 Å². The first-order valence-corrected chi connectivity index (χ1v) is 7.85. The number of halogens is 3. The maximum absolute atomic E-state index is 13.9. The Kier molecular flexibility index (Phi) is 6.90. The number of anilines is 1. The summed E-state index contributed by atoms with van der Waals surface area (Å²) in [6.07, 6.45) is 0.0169. The van der Waals surface area contributed by atoms with E-state index in [4.69, 9.17) is 5.73 Å². The summed E-state index contributed by atoms with van der Waals surface area (Å²) in [5, 5.41) is 0. The molecule has 1 aromatic rings. The lowest BCUT2D eigenvalue weighted by Gasteiger charge is -2.30. The highest BCUT2D eigenvalue weighted by atomic mass is 35.5. The Labute approximate surface area is 152 Å². The van der Waals surface area contributed by atoms with Crippen molar-refractivity contribution in [3.8, 4) is 0 Å². The minimum Gasteiger partial charge on any atom is -0.345 e. The van der Waals surface area contributed by atoms with Crippen LogP contribution in [0.3, 0.4) is 0 Å². The zero-order chi connectivity index (χ0) is 18.1. The zero-order valence-corrected chi connectivity index (χ0v) is 15.4. The van der Waals surface area contributed by atoms with Crippen molar-refractivity contribution in [3.63, 3.8) is 0 Å². The van der Waals surface area contributed by atoms with Crippen molar-refractivity contribution in [2.45, 2.75) is 20.3 Å². The fourth-order valence-electron chi connectivity index (χ4n) is 2.90. The summed E-state index contributed by atoms with van der Waals surface area (Å²) >= 11 is 0. The number of hydrogen-bond donors (Lipinski definition) is 1. The van der Waals surface area contributed by atoms with Crippen molar-refractivity contribution in [2.24, 2.45) is 17.1 Å². The topological polar surface area (TPSA) is 66.6 Å². The predicted molar refractivity (Wildman–Crippen MR) is 94.5 cm³/mol. The Morgan fingerprint density at radius 3 is 2.60 bits per heavy atom. The van der Waals surface area contributed by atoms with Gasteiger partial charge in [-0.05, 0) is 24.1 Å². The molecule has 1 aromatic carbocycles. The molecular formula is C17H24ClF2N3O2. The third-order valence-electron chi connectivity index (χ3n) is 4.27. The molecule has 1 atom stereocenters. The van der Waals surface area contributed by atoms with Gasteiger partial charge in [0.1, 0.15) is 11.6 Å². The van der Waals surface area contributed by atoms with Crippen LogP contribution in [-0.4, -0.2) is 43.4 Å². The second-order valence-electron chi connectivity index (χ2n) is 7.06. The molecule has 1 aliphatic rings. The predicted octanol–water partition coefficient (Wildman–Crippen LogP) is 2.18. The Balaban J connectivity index is 0.00000312. The number of nitrogens with two attached hydrogens (primary N) is 1. The molecule has 2 rings (SSSR count). The van der Waals surface area contributed by atoms with Crippen LogP contribution < -0.4 is 10.6 Å². The van der Waals surface area contributed by atoms with Crippen LogP contribution in [-0.2, 0) is 9.59 Å². The van der Waals surface area contributed by atoms with Gasteiger partial charge in [0.25, 0.3) is 0 Å². The first-order chi connectivity index (χ1) is 11.1. The molecule has 2 amide bonds. The van der Waals surface area contributed by atoms with E-state index in [1.165, 1.54) is 11.0 Å². The Bertz CT molecular complexity index is 655. The lowest BCUT2D eigenvalue weighted by molar-refractivity contribution is -0.135. The number of amides is 2. The normalized spacial score (nSPS) is 17.4. The fraction of sp³-hybridized carbons (Fsp3) is 0.529.